The van der Waals surface area contributed by atoms with Gasteiger partial charge in [-0.05, 0) is 49.4 Å². The van der Waals surface area contributed by atoms with Crippen molar-refractivity contribution in [1.29, 1.82) is 0 Å². The molecule has 0 saturated carbocycles. The molecule has 7 nitrogen and oxygen atoms in total. The van der Waals surface area contributed by atoms with Gasteiger partial charge in [-0.1, -0.05) is 35.0 Å². The highest BCUT2D eigenvalue weighted by Crippen LogP contribution is 2.29. The molecule has 1 unspecified atom stereocenters. The molecule has 1 aromatic heterocycles. The van der Waals surface area contributed by atoms with E-state index in [1.165, 1.54) is 38.0 Å². The van der Waals surface area contributed by atoms with Crippen LogP contribution >= 0.6 is 35.0 Å². The van der Waals surface area contributed by atoms with Gasteiger partial charge in [-0.3, -0.25) is 9.36 Å². The fraction of sp³-hybridized carbons (Fsp3) is 0.200. The first-order valence-electron chi connectivity index (χ1n) is 9.08. The average Bonchev–Trinajstić information content (AvgIpc) is 3.17. The molecule has 0 aliphatic carbocycles. The third-order valence-corrected chi connectivity index (χ3v) is 7.95. The van der Waals surface area contributed by atoms with Gasteiger partial charge in [0.2, 0.25) is 15.9 Å². The summed E-state index contributed by atoms with van der Waals surface area (Å²) in [5.41, 5.74) is 1.21. The van der Waals surface area contributed by atoms with E-state index in [0.29, 0.717) is 15.9 Å². The van der Waals surface area contributed by atoms with E-state index in [1.807, 2.05) is 16.7 Å². The highest BCUT2D eigenvalue weighted by molar-refractivity contribution is 8.00. The summed E-state index contributed by atoms with van der Waals surface area (Å²) in [7, 11) is -0.914. The Morgan fingerprint density at radius 3 is 2.48 bits per heavy atom. The maximum Gasteiger partial charge on any atom is 0.244 e. The fourth-order valence-corrected chi connectivity index (χ4v) is 5.01. The molecular formula is C20H20Cl2N4O3S2. The first kappa shape index (κ1) is 23.6. The van der Waals surface area contributed by atoms with Crippen molar-refractivity contribution >= 4 is 56.6 Å². The minimum absolute atomic E-state index is 0.0736. The van der Waals surface area contributed by atoms with E-state index in [4.69, 9.17) is 23.2 Å². The average molecular weight is 499 g/mol. The van der Waals surface area contributed by atoms with Gasteiger partial charge in [-0.25, -0.2) is 17.7 Å². The first-order valence-corrected chi connectivity index (χ1v) is 12.2. The van der Waals surface area contributed by atoms with Gasteiger partial charge in [0.1, 0.15) is 4.90 Å². The molecule has 1 heterocycles. The molecule has 0 saturated heterocycles. The van der Waals surface area contributed by atoms with Gasteiger partial charge in [0.15, 0.2) is 5.16 Å². The third-order valence-electron chi connectivity index (χ3n) is 4.32. The lowest BCUT2D eigenvalue weighted by Crippen LogP contribution is -2.24. The van der Waals surface area contributed by atoms with Crippen molar-refractivity contribution in [2.75, 3.05) is 19.4 Å². The first-order chi connectivity index (χ1) is 14.6. The number of carbonyl (C=O) groups excluding carboxylic acids is 1. The molecule has 0 fully saturated rings. The molecule has 0 spiro atoms. The number of hydrogen-bond donors (Lipinski definition) is 1. The third kappa shape index (κ3) is 5.42. The summed E-state index contributed by atoms with van der Waals surface area (Å²) < 4.78 is 27.8. The number of amides is 1. The number of benzene rings is 2. The zero-order valence-corrected chi connectivity index (χ0v) is 20.1. The Bertz CT molecular complexity index is 1200. The summed E-state index contributed by atoms with van der Waals surface area (Å²) in [4.78, 5) is 17.0. The lowest BCUT2D eigenvalue weighted by molar-refractivity contribution is -0.115. The summed E-state index contributed by atoms with van der Waals surface area (Å²) in [6, 6.07) is 11.6. The Morgan fingerprint density at radius 1 is 1.16 bits per heavy atom. The van der Waals surface area contributed by atoms with Gasteiger partial charge in [-0.2, -0.15) is 0 Å². The summed E-state index contributed by atoms with van der Waals surface area (Å²) in [6.45, 7) is 1.74. The summed E-state index contributed by atoms with van der Waals surface area (Å²) in [5, 5.41) is 3.59. The number of nitrogens with zero attached hydrogens (tertiary/aromatic N) is 3. The predicted molar refractivity (Wildman–Crippen MR) is 125 cm³/mol. The molecule has 11 heteroatoms. The predicted octanol–water partition coefficient (Wildman–Crippen LogP) is 4.55. The van der Waals surface area contributed by atoms with Gasteiger partial charge in [-0.15, -0.1) is 0 Å². The standard InChI is InChI=1S/C20H20Cl2N4O3S2/c1-13(30-20-23-10-11-26(20)16-7-4-14(21)5-8-16)19(27)24-15-6-9-17(22)18(12-15)31(28,29)25(2)3/h4-13H,1-3H3,(H,24,27). The van der Waals surface area contributed by atoms with E-state index in [-0.39, 0.29) is 15.8 Å². The van der Waals surface area contributed by atoms with Gasteiger partial charge >= 0.3 is 0 Å². The minimum atomic E-state index is -3.74. The van der Waals surface area contributed by atoms with Crippen LogP contribution in [-0.2, 0) is 14.8 Å². The summed E-state index contributed by atoms with van der Waals surface area (Å²) in [6.07, 6.45) is 3.45. The molecule has 1 amide bonds. The Labute approximate surface area is 195 Å². The number of hydrogen-bond acceptors (Lipinski definition) is 5. The van der Waals surface area contributed by atoms with Crippen molar-refractivity contribution < 1.29 is 13.2 Å². The van der Waals surface area contributed by atoms with Crippen LogP contribution in [0.25, 0.3) is 5.69 Å². The SMILES string of the molecule is CC(Sc1nccn1-c1ccc(Cl)cc1)C(=O)Nc1ccc(Cl)c(S(=O)(=O)N(C)C)c1. The smallest absolute Gasteiger partial charge is 0.244 e. The molecule has 0 aliphatic heterocycles. The molecule has 164 valence electrons. The van der Waals surface area contributed by atoms with E-state index >= 15 is 0 Å². The monoisotopic (exact) mass is 498 g/mol. The highest BCUT2D eigenvalue weighted by Gasteiger charge is 2.23. The lowest BCUT2D eigenvalue weighted by atomic mass is 10.3. The maximum atomic E-state index is 12.7. The van der Waals surface area contributed by atoms with Crippen molar-refractivity contribution in [2.24, 2.45) is 0 Å². The molecule has 1 N–H and O–H groups in total. The molecule has 3 rings (SSSR count). The Kier molecular flexibility index (Phi) is 7.33. The molecule has 2 aromatic carbocycles. The summed E-state index contributed by atoms with van der Waals surface area (Å²) in [5.74, 6) is -0.300. The Hall–Kier alpha value is -2.04. The molecule has 3 aromatic rings. The quantitative estimate of drug-likeness (QED) is 0.483. The van der Waals surface area contributed by atoms with Crippen LogP contribution in [0.5, 0.6) is 0 Å². The van der Waals surface area contributed by atoms with Crippen LogP contribution in [-0.4, -0.2) is 47.5 Å². The number of halogens is 2. The maximum absolute atomic E-state index is 12.7. The van der Waals surface area contributed by atoms with Crippen LogP contribution in [0.4, 0.5) is 5.69 Å². The zero-order valence-electron chi connectivity index (χ0n) is 16.9. The van der Waals surface area contributed by atoms with E-state index in [1.54, 1.807) is 37.5 Å². The zero-order chi connectivity index (χ0) is 22.8. The number of rotatable bonds is 7. The van der Waals surface area contributed by atoms with Crippen molar-refractivity contribution in [3.8, 4) is 5.69 Å². The van der Waals surface area contributed by atoms with E-state index in [2.05, 4.69) is 10.3 Å². The Balaban J connectivity index is 1.76. The lowest BCUT2D eigenvalue weighted by Gasteiger charge is -2.16. The van der Waals surface area contributed by atoms with E-state index < -0.39 is 15.3 Å². The number of sulfonamides is 1. The fourth-order valence-electron chi connectivity index (χ4n) is 2.61. The van der Waals surface area contributed by atoms with Crippen molar-refractivity contribution in [3.63, 3.8) is 0 Å². The number of imidazole rings is 1. The van der Waals surface area contributed by atoms with E-state index in [0.717, 1.165) is 9.99 Å². The minimum Gasteiger partial charge on any atom is -0.325 e. The van der Waals surface area contributed by atoms with Crippen molar-refractivity contribution in [2.45, 2.75) is 22.2 Å². The van der Waals surface area contributed by atoms with Gasteiger partial charge in [0, 0.05) is 42.9 Å². The second kappa shape index (κ2) is 9.62. The van der Waals surface area contributed by atoms with Crippen molar-refractivity contribution in [1.82, 2.24) is 13.9 Å². The van der Waals surface area contributed by atoms with Crippen LogP contribution in [0.15, 0.2) is 64.9 Å². The largest absolute Gasteiger partial charge is 0.325 e. The number of aromatic nitrogens is 2. The van der Waals surface area contributed by atoms with Crippen LogP contribution in [0.3, 0.4) is 0 Å². The van der Waals surface area contributed by atoms with Crippen LogP contribution in [0.2, 0.25) is 10.0 Å². The molecule has 31 heavy (non-hydrogen) atoms. The van der Waals surface area contributed by atoms with Crippen LogP contribution < -0.4 is 5.32 Å². The second-order valence-corrected chi connectivity index (χ2v) is 11.0. The molecule has 0 radical (unpaired) electrons. The normalized spacial score (nSPS) is 12.7. The molecule has 0 aliphatic rings. The highest BCUT2D eigenvalue weighted by atomic mass is 35.5. The molecular weight excluding hydrogens is 479 g/mol. The molecule has 1 atom stereocenters. The van der Waals surface area contributed by atoms with Crippen LogP contribution in [0.1, 0.15) is 6.92 Å². The Morgan fingerprint density at radius 2 is 1.84 bits per heavy atom. The number of nitrogens with one attached hydrogen (secondary N) is 1. The topological polar surface area (TPSA) is 84.3 Å². The van der Waals surface area contributed by atoms with Crippen molar-refractivity contribution in [3.05, 3.63) is 64.9 Å². The number of carbonyl (C=O) groups is 1. The van der Waals surface area contributed by atoms with Gasteiger partial charge < -0.3 is 5.32 Å². The summed E-state index contributed by atoms with van der Waals surface area (Å²) >= 11 is 13.3. The van der Waals surface area contributed by atoms with E-state index in [9.17, 15) is 13.2 Å². The molecule has 0 bridgehead atoms. The van der Waals surface area contributed by atoms with Crippen LogP contribution in [0, 0.1) is 0 Å². The number of thioether (sulfide) groups is 1. The second-order valence-electron chi connectivity index (χ2n) is 6.74. The van der Waals surface area contributed by atoms with Gasteiger partial charge in [0.25, 0.3) is 0 Å². The number of anilines is 1. The van der Waals surface area contributed by atoms with Gasteiger partial charge in [0.05, 0.1) is 10.3 Å².